The Morgan fingerprint density at radius 3 is 2.52 bits per heavy atom. The van der Waals surface area contributed by atoms with Gasteiger partial charge in [0.05, 0.1) is 17.1 Å². The highest BCUT2D eigenvalue weighted by atomic mass is 79.9. The highest BCUT2D eigenvalue weighted by Gasteiger charge is 2.30. The fourth-order valence-corrected chi connectivity index (χ4v) is 4.00. The van der Waals surface area contributed by atoms with E-state index in [0.717, 1.165) is 33.8 Å². The van der Waals surface area contributed by atoms with Crippen molar-refractivity contribution >= 4 is 32.7 Å². The van der Waals surface area contributed by atoms with Crippen LogP contribution in [-0.2, 0) is 7.05 Å². The number of aryl methyl sites for hydroxylation is 1. The fourth-order valence-electron chi connectivity index (χ4n) is 3.73. The Morgan fingerprint density at radius 2 is 1.85 bits per heavy atom. The second-order valence-electron chi connectivity index (χ2n) is 7.17. The molecule has 0 spiro atoms. The molecule has 1 aromatic heterocycles. The number of fused-ring (bicyclic) bond motifs is 1. The van der Waals surface area contributed by atoms with Crippen molar-refractivity contribution in [3.8, 4) is 0 Å². The van der Waals surface area contributed by atoms with E-state index < -0.39 is 0 Å². The quantitative estimate of drug-likeness (QED) is 0.666. The van der Waals surface area contributed by atoms with Crippen molar-refractivity contribution in [3.63, 3.8) is 0 Å². The molecule has 2 aromatic carbocycles. The van der Waals surface area contributed by atoms with Crippen molar-refractivity contribution in [2.45, 2.75) is 25.3 Å². The first-order valence-corrected chi connectivity index (χ1v) is 9.99. The minimum Gasteiger partial charge on any atom is -0.345 e. The lowest BCUT2D eigenvalue weighted by molar-refractivity contribution is 0.0902. The van der Waals surface area contributed by atoms with Crippen LogP contribution in [0.5, 0.6) is 0 Å². The van der Waals surface area contributed by atoms with E-state index in [1.165, 1.54) is 12.5 Å². The third-order valence-electron chi connectivity index (χ3n) is 5.54. The summed E-state index contributed by atoms with van der Waals surface area (Å²) in [7, 11) is 1.73. The van der Waals surface area contributed by atoms with Gasteiger partial charge in [0, 0.05) is 23.0 Å². The number of nitrogens with one attached hydrogen (secondary N) is 1. The predicted octanol–water partition coefficient (Wildman–Crippen LogP) is 4.57. The van der Waals surface area contributed by atoms with E-state index in [1.807, 2.05) is 36.4 Å². The molecule has 5 heteroatoms. The van der Waals surface area contributed by atoms with Crippen LogP contribution in [0, 0.1) is 5.92 Å². The Morgan fingerprint density at radius 1 is 1.15 bits per heavy atom. The number of amides is 1. The molecule has 1 aliphatic rings. The molecule has 3 aromatic rings. The van der Waals surface area contributed by atoms with Crippen molar-refractivity contribution in [2.24, 2.45) is 13.0 Å². The number of carbonyl (C=O) groups is 1. The molecule has 0 aliphatic heterocycles. The Balaban J connectivity index is 1.71. The highest BCUT2D eigenvalue weighted by molar-refractivity contribution is 9.10. The standard InChI is InChI=1S/C22H21BrN2O2/c1-25-19-8-3-2-7-17(19)18(13-20(25)26)22(27)24-21(14-5-4-6-14)15-9-11-16(23)12-10-15/h2-3,7-14,21H,4-6H2,1H3,(H,24,27). The third-order valence-corrected chi connectivity index (χ3v) is 6.06. The number of benzene rings is 2. The van der Waals surface area contributed by atoms with Crippen LogP contribution in [0.15, 0.2) is 63.9 Å². The van der Waals surface area contributed by atoms with Crippen LogP contribution in [0.3, 0.4) is 0 Å². The fraction of sp³-hybridized carbons (Fsp3) is 0.273. The van der Waals surface area contributed by atoms with E-state index in [2.05, 4.69) is 33.4 Å². The van der Waals surface area contributed by atoms with Crippen LogP contribution in [-0.4, -0.2) is 10.5 Å². The maximum absolute atomic E-state index is 13.1. The second kappa shape index (κ2) is 7.31. The number of rotatable bonds is 4. The summed E-state index contributed by atoms with van der Waals surface area (Å²) < 4.78 is 2.59. The lowest BCUT2D eigenvalue weighted by Gasteiger charge is -2.34. The number of carbonyl (C=O) groups excluding carboxylic acids is 1. The van der Waals surface area contributed by atoms with Gasteiger partial charge in [-0.1, -0.05) is 52.7 Å². The number of nitrogens with zero attached hydrogens (tertiary/aromatic N) is 1. The number of aromatic nitrogens is 1. The van der Waals surface area contributed by atoms with Gasteiger partial charge < -0.3 is 9.88 Å². The van der Waals surface area contributed by atoms with Gasteiger partial charge in [0.2, 0.25) is 0 Å². The molecular formula is C22H21BrN2O2. The molecule has 1 unspecified atom stereocenters. The van der Waals surface area contributed by atoms with Gasteiger partial charge in [0.15, 0.2) is 0 Å². The molecule has 27 heavy (non-hydrogen) atoms. The summed E-state index contributed by atoms with van der Waals surface area (Å²) >= 11 is 3.47. The molecule has 1 fully saturated rings. The summed E-state index contributed by atoms with van der Waals surface area (Å²) in [5, 5.41) is 4.00. The van der Waals surface area contributed by atoms with E-state index >= 15 is 0 Å². The number of halogens is 1. The summed E-state index contributed by atoms with van der Waals surface area (Å²) in [6.45, 7) is 0. The zero-order valence-corrected chi connectivity index (χ0v) is 16.7. The van der Waals surface area contributed by atoms with Gasteiger partial charge in [-0.3, -0.25) is 9.59 Å². The summed E-state index contributed by atoms with van der Waals surface area (Å²) in [5.41, 5.74) is 2.13. The van der Waals surface area contributed by atoms with Crippen molar-refractivity contribution < 1.29 is 4.79 Å². The molecule has 1 heterocycles. The van der Waals surface area contributed by atoms with Crippen LogP contribution in [0.1, 0.15) is 41.2 Å². The first kappa shape index (κ1) is 18.0. The molecule has 0 bridgehead atoms. The second-order valence-corrected chi connectivity index (χ2v) is 8.08. The monoisotopic (exact) mass is 424 g/mol. The Labute approximate surface area is 166 Å². The van der Waals surface area contributed by atoms with Gasteiger partial charge in [-0.05, 0) is 42.5 Å². The third kappa shape index (κ3) is 3.44. The number of hydrogen-bond acceptors (Lipinski definition) is 2. The molecule has 138 valence electrons. The molecule has 1 saturated carbocycles. The summed E-state index contributed by atoms with van der Waals surface area (Å²) in [6.07, 6.45) is 3.42. The van der Waals surface area contributed by atoms with Gasteiger partial charge >= 0.3 is 0 Å². The first-order chi connectivity index (χ1) is 13.0. The average Bonchev–Trinajstić information content (AvgIpc) is 2.63. The van der Waals surface area contributed by atoms with Crippen LogP contribution < -0.4 is 10.9 Å². The largest absolute Gasteiger partial charge is 0.345 e. The highest BCUT2D eigenvalue weighted by Crippen LogP contribution is 2.38. The normalized spacial score (nSPS) is 15.3. The van der Waals surface area contributed by atoms with Gasteiger partial charge in [-0.25, -0.2) is 0 Å². The van der Waals surface area contributed by atoms with Gasteiger partial charge in [0.1, 0.15) is 0 Å². The van der Waals surface area contributed by atoms with Crippen molar-refractivity contribution in [3.05, 3.63) is 80.6 Å². The molecule has 1 N–H and O–H groups in total. The van der Waals surface area contributed by atoms with E-state index in [1.54, 1.807) is 11.6 Å². The average molecular weight is 425 g/mol. The Hall–Kier alpha value is -2.40. The summed E-state index contributed by atoms with van der Waals surface area (Å²) in [4.78, 5) is 25.5. The number of para-hydroxylation sites is 1. The maximum atomic E-state index is 13.1. The lowest BCUT2D eigenvalue weighted by atomic mass is 9.77. The van der Waals surface area contributed by atoms with E-state index in [-0.39, 0.29) is 17.5 Å². The smallest absolute Gasteiger partial charge is 0.252 e. The van der Waals surface area contributed by atoms with Crippen LogP contribution in [0.25, 0.3) is 10.9 Å². The zero-order chi connectivity index (χ0) is 19.0. The van der Waals surface area contributed by atoms with Gasteiger partial charge in [-0.2, -0.15) is 0 Å². The van der Waals surface area contributed by atoms with E-state index in [4.69, 9.17) is 0 Å². The van der Waals surface area contributed by atoms with Crippen molar-refractivity contribution in [2.75, 3.05) is 0 Å². The van der Waals surface area contributed by atoms with Gasteiger partial charge in [-0.15, -0.1) is 0 Å². The van der Waals surface area contributed by atoms with E-state index in [9.17, 15) is 9.59 Å². The van der Waals surface area contributed by atoms with Crippen molar-refractivity contribution in [1.82, 2.24) is 9.88 Å². The Bertz CT molecular complexity index is 1050. The lowest BCUT2D eigenvalue weighted by Crippen LogP contribution is -2.37. The molecule has 4 rings (SSSR count). The molecule has 1 atom stereocenters. The first-order valence-electron chi connectivity index (χ1n) is 9.19. The minimum atomic E-state index is -0.191. The molecule has 1 aliphatic carbocycles. The van der Waals surface area contributed by atoms with Crippen LogP contribution >= 0.6 is 15.9 Å². The predicted molar refractivity (Wildman–Crippen MR) is 111 cm³/mol. The summed E-state index contributed by atoms with van der Waals surface area (Å²) in [6, 6.07) is 17.0. The zero-order valence-electron chi connectivity index (χ0n) is 15.1. The molecular weight excluding hydrogens is 404 g/mol. The van der Waals surface area contributed by atoms with Gasteiger partial charge in [0.25, 0.3) is 11.5 Å². The molecule has 0 saturated heterocycles. The molecule has 1 amide bonds. The summed E-state index contributed by atoms with van der Waals surface area (Å²) in [5.74, 6) is 0.247. The van der Waals surface area contributed by atoms with Crippen LogP contribution in [0.4, 0.5) is 0 Å². The molecule has 4 nitrogen and oxygen atoms in total. The molecule has 0 radical (unpaired) electrons. The maximum Gasteiger partial charge on any atom is 0.252 e. The minimum absolute atomic E-state index is 0.0397. The SMILES string of the molecule is Cn1c(=O)cc(C(=O)NC(c2ccc(Br)cc2)C2CCC2)c2ccccc21. The number of pyridine rings is 1. The Kier molecular flexibility index (Phi) is 4.87. The van der Waals surface area contributed by atoms with Crippen molar-refractivity contribution in [1.29, 1.82) is 0 Å². The van der Waals surface area contributed by atoms with Crippen LogP contribution in [0.2, 0.25) is 0 Å². The topological polar surface area (TPSA) is 51.1 Å². The van der Waals surface area contributed by atoms with E-state index in [0.29, 0.717) is 11.5 Å². The number of hydrogen-bond donors (Lipinski definition) is 1.